The Labute approximate surface area is 132 Å². The number of nitrogens with zero attached hydrogens (tertiary/aromatic N) is 1. The second-order valence-electron chi connectivity index (χ2n) is 4.97. The van der Waals surface area contributed by atoms with Crippen molar-refractivity contribution in [2.75, 3.05) is 13.2 Å². The average Bonchev–Trinajstić information content (AvgIpc) is 3.37. The average molecular weight is 335 g/mol. The van der Waals surface area contributed by atoms with Crippen molar-refractivity contribution in [3.05, 3.63) is 58.6 Å². The van der Waals surface area contributed by atoms with Crippen molar-refractivity contribution in [1.82, 2.24) is 0 Å². The second kappa shape index (κ2) is 5.98. The van der Waals surface area contributed by atoms with E-state index in [1.807, 2.05) is 0 Å². The van der Waals surface area contributed by atoms with Crippen LogP contribution in [0.15, 0.2) is 58.3 Å². The molecule has 7 nitrogen and oxygen atoms in total. The van der Waals surface area contributed by atoms with Crippen molar-refractivity contribution in [2.45, 2.75) is 15.9 Å². The minimum atomic E-state index is -3.76. The van der Waals surface area contributed by atoms with E-state index in [1.165, 1.54) is 24.3 Å². The smallest absolute Gasteiger partial charge is 0.311 e. The first-order chi connectivity index (χ1) is 11.0. The highest BCUT2D eigenvalue weighted by Gasteiger charge is 2.27. The van der Waals surface area contributed by atoms with Crippen molar-refractivity contribution in [3.63, 3.8) is 0 Å². The van der Waals surface area contributed by atoms with Gasteiger partial charge < -0.3 is 9.47 Å². The molecule has 0 radical (unpaired) electrons. The van der Waals surface area contributed by atoms with Crippen LogP contribution < -0.4 is 4.74 Å². The number of hydrogen-bond donors (Lipinski definition) is 0. The molecule has 0 N–H and O–H groups in total. The van der Waals surface area contributed by atoms with Gasteiger partial charge in [-0.3, -0.25) is 10.1 Å². The van der Waals surface area contributed by atoms with Crippen LogP contribution in [0, 0.1) is 10.1 Å². The molecule has 8 heteroatoms. The summed E-state index contributed by atoms with van der Waals surface area (Å²) in [6.45, 7) is 0.686. The number of ether oxygens (including phenoxy) is 2. The van der Waals surface area contributed by atoms with Crippen molar-refractivity contribution < 1.29 is 22.8 Å². The highest BCUT2D eigenvalue weighted by molar-refractivity contribution is 7.91. The van der Waals surface area contributed by atoms with Crippen LogP contribution in [0.1, 0.15) is 0 Å². The van der Waals surface area contributed by atoms with E-state index in [1.54, 1.807) is 18.2 Å². The molecule has 0 aliphatic carbocycles. The summed E-state index contributed by atoms with van der Waals surface area (Å²) >= 11 is 0. The molecule has 0 amide bonds. The Morgan fingerprint density at radius 1 is 1.17 bits per heavy atom. The molecule has 1 aliphatic rings. The number of rotatable bonds is 6. The number of benzene rings is 2. The molecule has 2 aromatic rings. The summed E-state index contributed by atoms with van der Waals surface area (Å²) in [7, 11) is -3.76. The van der Waals surface area contributed by atoms with Crippen LogP contribution in [0.4, 0.5) is 5.69 Å². The number of epoxide rings is 1. The van der Waals surface area contributed by atoms with E-state index in [9.17, 15) is 18.5 Å². The standard InChI is InChI=1S/C15H13NO6S/c17-16(18)14-7-6-13(8-15(14)22-10-11-9-21-11)23(19,20)12-4-2-1-3-5-12/h1-8,11H,9-10H2. The van der Waals surface area contributed by atoms with E-state index >= 15 is 0 Å². The number of nitro benzene ring substituents is 1. The zero-order valence-corrected chi connectivity index (χ0v) is 12.7. The van der Waals surface area contributed by atoms with Crippen molar-refractivity contribution in [3.8, 4) is 5.75 Å². The third-order valence-corrected chi connectivity index (χ3v) is 5.09. The zero-order valence-electron chi connectivity index (χ0n) is 11.9. The molecule has 1 fully saturated rings. The van der Waals surface area contributed by atoms with Crippen LogP contribution in [-0.4, -0.2) is 32.7 Å². The lowest BCUT2D eigenvalue weighted by molar-refractivity contribution is -0.385. The lowest BCUT2D eigenvalue weighted by Crippen LogP contribution is -2.08. The molecule has 1 unspecified atom stereocenters. The molecule has 0 bridgehead atoms. The molecule has 0 spiro atoms. The molecule has 3 rings (SSSR count). The Morgan fingerprint density at radius 2 is 1.87 bits per heavy atom. The number of nitro groups is 1. The summed E-state index contributed by atoms with van der Waals surface area (Å²) in [6.07, 6.45) is -0.0935. The molecule has 1 atom stereocenters. The van der Waals surface area contributed by atoms with Gasteiger partial charge in [0.1, 0.15) is 12.7 Å². The van der Waals surface area contributed by atoms with Gasteiger partial charge in [-0.25, -0.2) is 8.42 Å². The molecular formula is C15H13NO6S. The first-order valence-corrected chi connectivity index (χ1v) is 8.30. The van der Waals surface area contributed by atoms with Gasteiger partial charge >= 0.3 is 5.69 Å². The molecule has 1 saturated heterocycles. The Morgan fingerprint density at radius 3 is 2.48 bits per heavy atom. The first-order valence-electron chi connectivity index (χ1n) is 6.81. The second-order valence-corrected chi connectivity index (χ2v) is 6.92. The molecule has 1 heterocycles. The molecule has 23 heavy (non-hydrogen) atoms. The molecular weight excluding hydrogens is 322 g/mol. The van der Waals surface area contributed by atoms with Gasteiger partial charge in [-0.1, -0.05) is 18.2 Å². The number of hydrogen-bond acceptors (Lipinski definition) is 6. The minimum absolute atomic E-state index is 0.0546. The summed E-state index contributed by atoms with van der Waals surface area (Å²) in [4.78, 5) is 10.5. The Kier molecular flexibility index (Phi) is 4.01. The Balaban J connectivity index is 1.99. The lowest BCUT2D eigenvalue weighted by atomic mass is 10.3. The maximum absolute atomic E-state index is 12.6. The predicted molar refractivity (Wildman–Crippen MR) is 80.2 cm³/mol. The van der Waals surface area contributed by atoms with E-state index in [0.717, 1.165) is 6.07 Å². The van der Waals surface area contributed by atoms with E-state index in [-0.39, 0.29) is 33.9 Å². The molecule has 120 valence electrons. The van der Waals surface area contributed by atoms with Crippen LogP contribution in [0.3, 0.4) is 0 Å². The summed E-state index contributed by atoms with van der Waals surface area (Å²) < 4.78 is 35.5. The summed E-state index contributed by atoms with van der Waals surface area (Å²) in [5.41, 5.74) is -0.280. The normalized spacial score (nSPS) is 16.8. The maximum Gasteiger partial charge on any atom is 0.311 e. The predicted octanol–water partition coefficient (Wildman–Crippen LogP) is 2.21. The molecule has 0 saturated carbocycles. The first kappa shape index (κ1) is 15.4. The zero-order chi connectivity index (χ0) is 16.4. The van der Waals surface area contributed by atoms with E-state index in [4.69, 9.17) is 9.47 Å². The Bertz CT molecular complexity index is 830. The van der Waals surface area contributed by atoms with Crippen LogP contribution in [0.2, 0.25) is 0 Å². The summed E-state index contributed by atoms with van der Waals surface area (Å²) in [5, 5.41) is 11.1. The van der Waals surface area contributed by atoms with Gasteiger partial charge in [0, 0.05) is 12.1 Å². The van der Waals surface area contributed by atoms with Gasteiger partial charge in [-0.05, 0) is 18.2 Å². The highest BCUT2D eigenvalue weighted by Crippen LogP contribution is 2.32. The summed E-state index contributed by atoms with van der Waals surface area (Å²) in [6, 6.07) is 11.4. The van der Waals surface area contributed by atoms with Gasteiger partial charge in [0.15, 0.2) is 5.75 Å². The minimum Gasteiger partial charge on any atom is -0.484 e. The van der Waals surface area contributed by atoms with Gasteiger partial charge in [-0.2, -0.15) is 0 Å². The third-order valence-electron chi connectivity index (χ3n) is 3.32. The largest absolute Gasteiger partial charge is 0.484 e. The van der Waals surface area contributed by atoms with Crippen LogP contribution >= 0.6 is 0 Å². The fraction of sp³-hybridized carbons (Fsp3) is 0.200. The van der Waals surface area contributed by atoms with Gasteiger partial charge in [-0.15, -0.1) is 0 Å². The van der Waals surface area contributed by atoms with Crippen LogP contribution in [-0.2, 0) is 14.6 Å². The van der Waals surface area contributed by atoms with Gasteiger partial charge in [0.25, 0.3) is 0 Å². The fourth-order valence-corrected chi connectivity index (χ4v) is 3.31. The van der Waals surface area contributed by atoms with Crippen molar-refractivity contribution >= 4 is 15.5 Å². The number of sulfone groups is 1. The molecule has 1 aliphatic heterocycles. The monoisotopic (exact) mass is 335 g/mol. The maximum atomic E-state index is 12.6. The summed E-state index contributed by atoms with van der Waals surface area (Å²) in [5.74, 6) is -0.0810. The van der Waals surface area contributed by atoms with E-state index < -0.39 is 14.8 Å². The van der Waals surface area contributed by atoms with Crippen LogP contribution in [0.5, 0.6) is 5.75 Å². The van der Waals surface area contributed by atoms with Crippen molar-refractivity contribution in [1.29, 1.82) is 0 Å². The fourth-order valence-electron chi connectivity index (χ4n) is 2.01. The van der Waals surface area contributed by atoms with Gasteiger partial charge in [0.2, 0.25) is 9.84 Å². The topological polar surface area (TPSA) is 99.0 Å². The lowest BCUT2D eigenvalue weighted by Gasteiger charge is -2.09. The van der Waals surface area contributed by atoms with E-state index in [2.05, 4.69) is 0 Å². The van der Waals surface area contributed by atoms with Crippen molar-refractivity contribution in [2.24, 2.45) is 0 Å². The molecule has 2 aromatic carbocycles. The SMILES string of the molecule is O=[N+]([O-])c1ccc(S(=O)(=O)c2ccccc2)cc1OCC1CO1. The van der Waals surface area contributed by atoms with Gasteiger partial charge in [0.05, 0.1) is 21.3 Å². The Hall–Kier alpha value is -2.45. The quantitative estimate of drug-likeness (QED) is 0.456. The van der Waals surface area contributed by atoms with E-state index in [0.29, 0.717) is 6.61 Å². The van der Waals surface area contributed by atoms with Crippen LogP contribution in [0.25, 0.3) is 0 Å². The third kappa shape index (κ3) is 3.33. The molecule has 0 aromatic heterocycles. The highest BCUT2D eigenvalue weighted by atomic mass is 32.2.